The van der Waals surface area contributed by atoms with Crippen LogP contribution in [0.1, 0.15) is 20.8 Å². The molecular formula is C24H25O3P. The Morgan fingerprint density at radius 2 is 1.00 bits per heavy atom. The van der Waals surface area contributed by atoms with Crippen LogP contribution in [-0.4, -0.2) is 17.4 Å². The Morgan fingerprint density at radius 1 is 0.679 bits per heavy atom. The number of hydrogen-bond donors (Lipinski definition) is 0. The van der Waals surface area contributed by atoms with E-state index in [1.54, 1.807) is 6.92 Å². The van der Waals surface area contributed by atoms with Gasteiger partial charge in [0.15, 0.2) is 0 Å². The fourth-order valence-corrected chi connectivity index (χ4v) is 10.4. The second kappa shape index (κ2) is 7.69. The summed E-state index contributed by atoms with van der Waals surface area (Å²) in [5.41, 5.74) is -0.540. The predicted octanol–water partition coefficient (Wildman–Crippen LogP) is 3.97. The molecule has 0 aliphatic heterocycles. The Hall–Kier alpha value is -2.77. The Balaban J connectivity index is 2.63. The number of benzene rings is 3. The molecule has 144 valence electrons. The van der Waals surface area contributed by atoms with Crippen LogP contribution in [0, 0.1) is 0 Å². The van der Waals surface area contributed by atoms with Crippen molar-refractivity contribution in [3.8, 4) is 0 Å². The molecule has 1 atom stereocenters. The van der Waals surface area contributed by atoms with Crippen LogP contribution in [0.25, 0.3) is 0 Å². The van der Waals surface area contributed by atoms with E-state index < -0.39 is 18.5 Å². The molecule has 0 spiro atoms. The minimum atomic E-state index is -3.92. The number of carbonyl (C=O) groups excluding carboxylic acids is 2. The Bertz CT molecular complexity index is 869. The molecule has 3 aromatic rings. The van der Waals surface area contributed by atoms with Gasteiger partial charge in [0, 0.05) is 0 Å². The van der Waals surface area contributed by atoms with Gasteiger partial charge in [-0.3, -0.25) is 0 Å². The van der Waals surface area contributed by atoms with Crippen LogP contribution in [0.5, 0.6) is 0 Å². The van der Waals surface area contributed by atoms with Crippen molar-refractivity contribution in [3.05, 3.63) is 91.0 Å². The molecule has 0 heterocycles. The summed E-state index contributed by atoms with van der Waals surface area (Å²) in [7, 11) is 0. The van der Waals surface area contributed by atoms with E-state index in [-0.39, 0.29) is 5.78 Å². The molecule has 0 aliphatic rings. The van der Waals surface area contributed by atoms with E-state index in [2.05, 4.69) is 0 Å². The number of carbonyl (C=O) groups is 2. The maximum absolute atomic E-state index is 12.9. The third-order valence-corrected chi connectivity index (χ3v) is 11.9. The number of Topliss-reactive ketones (excluding diaryl/α,β-unsaturated/α-hetero) is 1. The Morgan fingerprint density at radius 3 is 1.25 bits per heavy atom. The molecule has 0 bridgehead atoms. The van der Waals surface area contributed by atoms with Crippen LogP contribution in [0.2, 0.25) is 0 Å². The second-order valence-electron chi connectivity index (χ2n) is 6.98. The van der Waals surface area contributed by atoms with Crippen LogP contribution in [0.4, 0.5) is 0 Å². The zero-order valence-corrected chi connectivity index (χ0v) is 17.3. The quantitative estimate of drug-likeness (QED) is 0.596. The topological polar surface area (TPSA) is 43.4 Å². The summed E-state index contributed by atoms with van der Waals surface area (Å²) in [5, 5.41) is 2.59. The molecule has 28 heavy (non-hydrogen) atoms. The maximum atomic E-state index is 12.9. The second-order valence-corrected chi connectivity index (χ2v) is 11.7. The van der Waals surface area contributed by atoms with Crippen molar-refractivity contribution >= 4 is 34.5 Å². The van der Waals surface area contributed by atoms with Crippen LogP contribution in [0.3, 0.4) is 0 Å². The summed E-state index contributed by atoms with van der Waals surface area (Å²) in [6.45, 7) is 0.954. The zero-order chi connectivity index (χ0) is 20.2. The third kappa shape index (κ3) is 2.87. The summed E-state index contributed by atoms with van der Waals surface area (Å²) in [6, 6.07) is 29.2. The van der Waals surface area contributed by atoms with E-state index in [9.17, 15) is 9.59 Å². The van der Waals surface area contributed by atoms with E-state index in [4.69, 9.17) is 4.52 Å². The first kappa shape index (κ1) is 20.0. The molecule has 0 saturated heterocycles. The molecule has 4 heteroatoms. The fraction of sp³-hybridized carbons (Fsp3) is 0.167. The van der Waals surface area contributed by atoms with Gasteiger partial charge in [0.1, 0.15) is 0 Å². The average molecular weight is 392 g/mol. The van der Waals surface area contributed by atoms with E-state index in [0.29, 0.717) is 0 Å². The van der Waals surface area contributed by atoms with E-state index in [1.807, 2.05) is 97.9 Å². The SMILES string of the molecule is CC(=O)OP(c1ccccc1)(c1ccccc1)(c1ccccc1)C(C)C(C)=O. The van der Waals surface area contributed by atoms with Crippen LogP contribution in [-0.2, 0) is 14.1 Å². The van der Waals surface area contributed by atoms with E-state index >= 15 is 0 Å². The van der Waals surface area contributed by atoms with Crippen LogP contribution >= 0.6 is 6.83 Å². The standard InChI is InChI=1S/C24H25O3P/c1-19(25)20(2)28(27-21(3)26,22-13-7-4-8-14-22,23-15-9-5-10-16-23)24-17-11-6-12-18-24/h4-18,20H,1-3H3. The van der Waals surface area contributed by atoms with Gasteiger partial charge in [-0.15, -0.1) is 0 Å². The van der Waals surface area contributed by atoms with Gasteiger partial charge in [-0.1, -0.05) is 0 Å². The van der Waals surface area contributed by atoms with Crippen molar-refractivity contribution in [2.45, 2.75) is 26.4 Å². The summed E-state index contributed by atoms with van der Waals surface area (Å²) >= 11 is 0. The Labute approximate surface area is 166 Å². The molecule has 0 saturated carbocycles. The molecule has 0 aromatic heterocycles. The molecule has 0 aliphatic carbocycles. The number of rotatable bonds is 6. The zero-order valence-electron chi connectivity index (χ0n) is 16.4. The first-order valence-electron chi connectivity index (χ1n) is 9.32. The molecule has 0 fully saturated rings. The van der Waals surface area contributed by atoms with Crippen molar-refractivity contribution in [2.24, 2.45) is 0 Å². The van der Waals surface area contributed by atoms with Gasteiger partial charge in [0.25, 0.3) is 0 Å². The first-order chi connectivity index (χ1) is 13.4. The van der Waals surface area contributed by atoms with E-state index in [1.165, 1.54) is 6.92 Å². The van der Waals surface area contributed by atoms with Crippen LogP contribution in [0.15, 0.2) is 91.0 Å². The monoisotopic (exact) mass is 392 g/mol. The number of ketones is 1. The molecule has 1 unspecified atom stereocenters. The van der Waals surface area contributed by atoms with Crippen molar-refractivity contribution < 1.29 is 14.1 Å². The molecule has 3 aromatic carbocycles. The molecule has 0 radical (unpaired) electrons. The normalized spacial score (nSPS) is 13.8. The van der Waals surface area contributed by atoms with Gasteiger partial charge in [-0.25, -0.2) is 0 Å². The van der Waals surface area contributed by atoms with Crippen molar-refractivity contribution in [1.82, 2.24) is 0 Å². The fourth-order valence-electron chi connectivity index (χ4n) is 4.14. The molecule has 3 rings (SSSR count). The molecule has 3 nitrogen and oxygen atoms in total. The molecule has 0 N–H and O–H groups in total. The van der Waals surface area contributed by atoms with Gasteiger partial charge in [0.05, 0.1) is 0 Å². The first-order valence-corrected chi connectivity index (χ1v) is 11.5. The van der Waals surface area contributed by atoms with Gasteiger partial charge < -0.3 is 0 Å². The third-order valence-electron chi connectivity index (χ3n) is 5.45. The van der Waals surface area contributed by atoms with Crippen LogP contribution < -0.4 is 15.9 Å². The summed E-state index contributed by atoms with van der Waals surface area (Å²) in [4.78, 5) is 25.5. The predicted molar refractivity (Wildman–Crippen MR) is 117 cm³/mol. The summed E-state index contributed by atoms with van der Waals surface area (Å²) in [6.07, 6.45) is 0. The van der Waals surface area contributed by atoms with Crippen molar-refractivity contribution in [3.63, 3.8) is 0 Å². The van der Waals surface area contributed by atoms with Gasteiger partial charge in [-0.2, -0.15) is 0 Å². The molecular weight excluding hydrogens is 367 g/mol. The number of hydrogen-bond acceptors (Lipinski definition) is 3. The molecule has 0 amide bonds. The van der Waals surface area contributed by atoms with Gasteiger partial charge in [0.2, 0.25) is 0 Å². The van der Waals surface area contributed by atoms with Gasteiger partial charge >= 0.3 is 166 Å². The average Bonchev–Trinajstić information content (AvgIpc) is 2.73. The minimum absolute atomic E-state index is 0.0181. The van der Waals surface area contributed by atoms with Crippen molar-refractivity contribution in [2.75, 3.05) is 0 Å². The summed E-state index contributed by atoms with van der Waals surface area (Å²) in [5.74, 6) is -0.419. The van der Waals surface area contributed by atoms with E-state index in [0.717, 1.165) is 15.9 Å². The van der Waals surface area contributed by atoms with Gasteiger partial charge in [-0.05, 0) is 0 Å². The summed E-state index contributed by atoms with van der Waals surface area (Å²) < 4.78 is 6.48. The Kier molecular flexibility index (Phi) is 5.49. The van der Waals surface area contributed by atoms with Crippen molar-refractivity contribution in [1.29, 1.82) is 0 Å².